The van der Waals surface area contributed by atoms with Crippen LogP contribution in [-0.4, -0.2) is 0 Å². The standard InChI is InChI=1S/C11H22/c1-5-11(4,9(2)3)10-7-6-8-10/h9-10H,5-8H2,1-4H3. The van der Waals surface area contributed by atoms with E-state index >= 15 is 0 Å². The molecule has 1 aliphatic rings. The van der Waals surface area contributed by atoms with Gasteiger partial charge in [-0.15, -0.1) is 0 Å². The first-order chi connectivity index (χ1) is 5.11. The van der Waals surface area contributed by atoms with E-state index in [2.05, 4.69) is 27.7 Å². The molecular weight excluding hydrogens is 132 g/mol. The summed E-state index contributed by atoms with van der Waals surface area (Å²) < 4.78 is 0. The van der Waals surface area contributed by atoms with Crippen molar-refractivity contribution in [1.82, 2.24) is 0 Å². The van der Waals surface area contributed by atoms with Crippen LogP contribution in [0.5, 0.6) is 0 Å². The van der Waals surface area contributed by atoms with Crippen LogP contribution in [0.1, 0.15) is 53.4 Å². The van der Waals surface area contributed by atoms with Crippen LogP contribution in [0.25, 0.3) is 0 Å². The second-order valence-electron chi connectivity index (χ2n) is 4.64. The molecule has 0 aliphatic heterocycles. The molecule has 0 amide bonds. The van der Waals surface area contributed by atoms with E-state index in [1.54, 1.807) is 0 Å². The molecule has 1 fully saturated rings. The van der Waals surface area contributed by atoms with Crippen LogP contribution in [0.4, 0.5) is 0 Å². The summed E-state index contributed by atoms with van der Waals surface area (Å²) in [6, 6.07) is 0. The van der Waals surface area contributed by atoms with Crippen molar-refractivity contribution < 1.29 is 0 Å². The Morgan fingerprint density at radius 2 is 1.91 bits per heavy atom. The molecule has 1 atom stereocenters. The maximum absolute atomic E-state index is 2.47. The monoisotopic (exact) mass is 154 g/mol. The van der Waals surface area contributed by atoms with Crippen molar-refractivity contribution in [2.75, 3.05) is 0 Å². The maximum atomic E-state index is 2.47. The fourth-order valence-electron chi connectivity index (χ4n) is 2.24. The maximum Gasteiger partial charge on any atom is -0.0277 e. The molecule has 1 rings (SSSR count). The molecule has 1 saturated carbocycles. The minimum atomic E-state index is 0.637. The largest absolute Gasteiger partial charge is 0.0648 e. The summed E-state index contributed by atoms with van der Waals surface area (Å²) in [5.41, 5.74) is 0.637. The lowest BCUT2D eigenvalue weighted by molar-refractivity contribution is 0.0479. The van der Waals surface area contributed by atoms with Gasteiger partial charge in [0, 0.05) is 0 Å². The van der Waals surface area contributed by atoms with Crippen molar-refractivity contribution in [2.45, 2.75) is 53.4 Å². The fraction of sp³-hybridized carbons (Fsp3) is 1.00. The Labute approximate surface area is 71.4 Å². The van der Waals surface area contributed by atoms with Gasteiger partial charge in [-0.1, -0.05) is 40.5 Å². The van der Waals surface area contributed by atoms with Crippen LogP contribution < -0.4 is 0 Å². The van der Waals surface area contributed by atoms with Gasteiger partial charge < -0.3 is 0 Å². The third-order valence-corrected chi connectivity index (χ3v) is 4.12. The van der Waals surface area contributed by atoms with Crippen molar-refractivity contribution in [2.24, 2.45) is 17.3 Å². The number of hydrogen-bond acceptors (Lipinski definition) is 0. The Balaban J connectivity index is 2.57. The van der Waals surface area contributed by atoms with Crippen LogP contribution in [0.3, 0.4) is 0 Å². The molecule has 0 heterocycles. The van der Waals surface area contributed by atoms with E-state index in [0.29, 0.717) is 5.41 Å². The van der Waals surface area contributed by atoms with Gasteiger partial charge in [-0.3, -0.25) is 0 Å². The van der Waals surface area contributed by atoms with Gasteiger partial charge in [-0.05, 0) is 30.1 Å². The van der Waals surface area contributed by atoms with E-state index in [4.69, 9.17) is 0 Å². The second kappa shape index (κ2) is 3.16. The Morgan fingerprint density at radius 1 is 1.36 bits per heavy atom. The van der Waals surface area contributed by atoms with Crippen LogP contribution in [0.2, 0.25) is 0 Å². The summed E-state index contributed by atoms with van der Waals surface area (Å²) in [5.74, 6) is 1.89. The average molecular weight is 154 g/mol. The third-order valence-electron chi connectivity index (χ3n) is 4.12. The lowest BCUT2D eigenvalue weighted by Crippen LogP contribution is -2.36. The Hall–Kier alpha value is 0. The van der Waals surface area contributed by atoms with E-state index < -0.39 is 0 Å². The highest BCUT2D eigenvalue weighted by Crippen LogP contribution is 2.48. The fourth-order valence-corrected chi connectivity index (χ4v) is 2.24. The molecule has 0 saturated heterocycles. The van der Waals surface area contributed by atoms with Gasteiger partial charge in [-0.2, -0.15) is 0 Å². The number of rotatable bonds is 3. The zero-order valence-electron chi connectivity index (χ0n) is 8.48. The highest BCUT2D eigenvalue weighted by atomic mass is 14.4. The molecule has 0 bridgehead atoms. The Kier molecular flexibility index (Phi) is 2.61. The molecule has 0 N–H and O–H groups in total. The summed E-state index contributed by atoms with van der Waals surface area (Å²) >= 11 is 0. The third kappa shape index (κ3) is 1.45. The second-order valence-corrected chi connectivity index (χ2v) is 4.64. The van der Waals surface area contributed by atoms with Gasteiger partial charge in [0.25, 0.3) is 0 Å². The van der Waals surface area contributed by atoms with Crippen LogP contribution in [-0.2, 0) is 0 Å². The van der Waals surface area contributed by atoms with Gasteiger partial charge in [0.1, 0.15) is 0 Å². The molecule has 11 heavy (non-hydrogen) atoms. The summed E-state index contributed by atoms with van der Waals surface area (Å²) in [5, 5.41) is 0. The topological polar surface area (TPSA) is 0 Å². The molecule has 0 aromatic carbocycles. The smallest absolute Gasteiger partial charge is 0.0277 e. The average Bonchev–Trinajstić information content (AvgIpc) is 1.83. The molecule has 0 heteroatoms. The summed E-state index contributed by atoms with van der Waals surface area (Å²) in [7, 11) is 0. The van der Waals surface area contributed by atoms with Crippen LogP contribution >= 0.6 is 0 Å². The SMILES string of the molecule is CCC(C)(C(C)C)C1CCC1. The first-order valence-corrected chi connectivity index (χ1v) is 5.11. The van der Waals surface area contributed by atoms with Gasteiger partial charge in [-0.25, -0.2) is 0 Å². The molecule has 1 aliphatic carbocycles. The first-order valence-electron chi connectivity index (χ1n) is 5.11. The van der Waals surface area contributed by atoms with Crippen molar-refractivity contribution in [3.05, 3.63) is 0 Å². The van der Waals surface area contributed by atoms with Crippen molar-refractivity contribution >= 4 is 0 Å². The highest BCUT2D eigenvalue weighted by molar-refractivity contribution is 4.88. The minimum absolute atomic E-state index is 0.637. The molecule has 66 valence electrons. The lowest BCUT2D eigenvalue weighted by Gasteiger charge is -2.45. The molecule has 0 aromatic heterocycles. The van der Waals surface area contributed by atoms with Gasteiger partial charge in [0.15, 0.2) is 0 Å². The zero-order valence-corrected chi connectivity index (χ0v) is 8.48. The normalized spacial score (nSPS) is 24.8. The van der Waals surface area contributed by atoms with Gasteiger partial charge in [0.2, 0.25) is 0 Å². The molecule has 0 radical (unpaired) electrons. The van der Waals surface area contributed by atoms with E-state index in [9.17, 15) is 0 Å². The van der Waals surface area contributed by atoms with Gasteiger partial charge >= 0.3 is 0 Å². The number of hydrogen-bond donors (Lipinski definition) is 0. The quantitative estimate of drug-likeness (QED) is 0.579. The Morgan fingerprint density at radius 3 is 2.00 bits per heavy atom. The summed E-state index contributed by atoms with van der Waals surface area (Å²) in [6.45, 7) is 9.57. The first kappa shape index (κ1) is 9.09. The summed E-state index contributed by atoms with van der Waals surface area (Å²) in [4.78, 5) is 0. The van der Waals surface area contributed by atoms with Crippen molar-refractivity contribution in [3.8, 4) is 0 Å². The highest BCUT2D eigenvalue weighted by Gasteiger charge is 2.38. The van der Waals surface area contributed by atoms with E-state index in [1.807, 2.05) is 0 Å². The zero-order chi connectivity index (χ0) is 8.48. The van der Waals surface area contributed by atoms with Crippen molar-refractivity contribution in [3.63, 3.8) is 0 Å². The molecular formula is C11H22. The Bertz CT molecular complexity index is 122. The van der Waals surface area contributed by atoms with Crippen molar-refractivity contribution in [1.29, 1.82) is 0 Å². The van der Waals surface area contributed by atoms with Crippen LogP contribution in [0, 0.1) is 17.3 Å². The predicted octanol–water partition coefficient (Wildman–Crippen LogP) is 3.86. The van der Waals surface area contributed by atoms with Gasteiger partial charge in [0.05, 0.1) is 0 Å². The van der Waals surface area contributed by atoms with Crippen LogP contribution in [0.15, 0.2) is 0 Å². The summed E-state index contributed by atoms with van der Waals surface area (Å²) in [6.07, 6.45) is 5.81. The van der Waals surface area contributed by atoms with E-state index in [0.717, 1.165) is 11.8 Å². The molecule has 0 nitrogen and oxygen atoms in total. The predicted molar refractivity (Wildman–Crippen MR) is 50.6 cm³/mol. The lowest BCUT2D eigenvalue weighted by atomic mass is 9.60. The molecule has 1 unspecified atom stereocenters. The molecule has 0 aromatic rings. The van der Waals surface area contributed by atoms with E-state index in [-0.39, 0.29) is 0 Å². The minimum Gasteiger partial charge on any atom is -0.0648 e. The van der Waals surface area contributed by atoms with E-state index in [1.165, 1.54) is 25.7 Å². The molecule has 0 spiro atoms.